The van der Waals surface area contributed by atoms with Crippen LogP contribution in [0.1, 0.15) is 83.1 Å². The predicted molar refractivity (Wildman–Crippen MR) is 148 cm³/mol. The van der Waals surface area contributed by atoms with Crippen LogP contribution in [0.5, 0.6) is 0 Å². The van der Waals surface area contributed by atoms with Crippen molar-refractivity contribution in [1.29, 1.82) is 0 Å². The van der Waals surface area contributed by atoms with Crippen LogP contribution in [-0.2, 0) is 33.2 Å². The lowest BCUT2D eigenvalue weighted by molar-refractivity contribution is -0.226. The topological polar surface area (TPSA) is 179 Å². The van der Waals surface area contributed by atoms with E-state index >= 15 is 0 Å². The van der Waals surface area contributed by atoms with Crippen LogP contribution in [0.4, 0.5) is 5.95 Å². The van der Waals surface area contributed by atoms with Gasteiger partial charge in [0.05, 0.1) is 12.5 Å². The number of esters is 1. The molecule has 3 aliphatic rings. The lowest BCUT2D eigenvalue weighted by atomic mass is 10.1. The van der Waals surface area contributed by atoms with Crippen LogP contribution in [-0.4, -0.2) is 82.0 Å². The van der Waals surface area contributed by atoms with Crippen LogP contribution in [0, 0.1) is 11.8 Å². The molecule has 2 aromatic rings. The molecule has 0 aromatic carbocycles. The van der Waals surface area contributed by atoms with E-state index in [1.54, 1.807) is 27.7 Å². The number of aromatic amines is 1. The van der Waals surface area contributed by atoms with Crippen molar-refractivity contribution in [1.82, 2.24) is 19.5 Å². The van der Waals surface area contributed by atoms with E-state index in [-0.39, 0.29) is 35.3 Å². The van der Waals surface area contributed by atoms with E-state index in [0.717, 1.165) is 32.1 Å². The van der Waals surface area contributed by atoms with Crippen LogP contribution in [0.2, 0.25) is 0 Å². The maximum atomic E-state index is 13.4. The molecule has 14 nitrogen and oxygen atoms in total. The van der Waals surface area contributed by atoms with Crippen molar-refractivity contribution in [2.24, 2.45) is 11.8 Å². The molecule has 0 bridgehead atoms. The summed E-state index contributed by atoms with van der Waals surface area (Å²) in [7, 11) is 0. The summed E-state index contributed by atoms with van der Waals surface area (Å²) < 4.78 is 38.2. The first-order valence-electron chi connectivity index (χ1n) is 14.8. The number of rotatable bonds is 10. The Morgan fingerprint density at radius 1 is 1.00 bits per heavy atom. The first-order valence-corrected chi connectivity index (χ1v) is 14.8. The molecular formula is C28H41N5O9. The average Bonchev–Trinajstić information content (AvgIpc) is 3.50. The Bertz CT molecular complexity index is 1310. The minimum absolute atomic E-state index is 0.0284. The highest BCUT2D eigenvalue weighted by molar-refractivity contribution is 5.97. The monoisotopic (exact) mass is 591 g/mol. The molecule has 3 saturated heterocycles. The molecule has 2 aromatic heterocycles. The zero-order chi connectivity index (χ0) is 30.0. The van der Waals surface area contributed by atoms with Gasteiger partial charge in [0, 0.05) is 19.1 Å². The Morgan fingerprint density at radius 3 is 2.31 bits per heavy atom. The number of anilines is 1. The van der Waals surface area contributed by atoms with Gasteiger partial charge in [0.25, 0.3) is 5.56 Å². The minimum atomic E-state index is -1.14. The number of hydrogen-bond donors (Lipinski definition) is 2. The molecule has 2 unspecified atom stereocenters. The third-order valence-corrected chi connectivity index (χ3v) is 7.61. The summed E-state index contributed by atoms with van der Waals surface area (Å²) in [5, 5.41) is 0. The van der Waals surface area contributed by atoms with E-state index in [9.17, 15) is 14.4 Å². The van der Waals surface area contributed by atoms with Gasteiger partial charge in [-0.15, -0.1) is 0 Å². The molecular weight excluding hydrogens is 550 g/mol. The predicted octanol–water partition coefficient (Wildman–Crippen LogP) is 2.46. The Morgan fingerprint density at radius 2 is 1.69 bits per heavy atom. The number of carbonyl (C=O) groups is 2. The first-order chi connectivity index (χ1) is 20.1. The highest BCUT2D eigenvalue weighted by Gasteiger charge is 2.52. The van der Waals surface area contributed by atoms with E-state index in [4.69, 9.17) is 34.2 Å². The fraction of sp³-hybridized carbons (Fsp3) is 0.750. The summed E-state index contributed by atoms with van der Waals surface area (Å²) in [4.78, 5) is 50.4. The third-order valence-electron chi connectivity index (χ3n) is 7.61. The highest BCUT2D eigenvalue weighted by Crippen LogP contribution is 2.39. The van der Waals surface area contributed by atoms with E-state index in [1.165, 1.54) is 4.57 Å². The number of nitrogen functional groups attached to an aromatic ring is 1. The second-order valence-electron chi connectivity index (χ2n) is 11.6. The Balaban J connectivity index is 1.59. The highest BCUT2D eigenvalue weighted by atomic mass is 16.7. The number of hydrogen-bond acceptors (Lipinski definition) is 12. The zero-order valence-electron chi connectivity index (χ0n) is 24.6. The molecule has 5 rings (SSSR count). The van der Waals surface area contributed by atoms with Crippen LogP contribution in [0.15, 0.2) is 4.79 Å². The summed E-state index contributed by atoms with van der Waals surface area (Å²) in [5.74, 6) is -2.01. The van der Waals surface area contributed by atoms with E-state index < -0.39 is 60.5 Å². The lowest BCUT2D eigenvalue weighted by Crippen LogP contribution is -2.44. The van der Waals surface area contributed by atoms with Crippen molar-refractivity contribution in [2.75, 3.05) is 25.6 Å². The standard InChI is InChI=1S/C28H41N5O9/c1-14(2)20(34)24-30-19-23(31-28(29)32-25(19)35)33(24)26-22(42-27(36)15(3)4)21(41-18-10-6-8-12-38-18)16(40-26)13-39-17-9-5-7-11-37-17/h14-18,21-22,26H,5-13H2,1-4H3,(H3,29,31,32,35)/t16-,17?,18?,21-,22+,26-/m1/s1. The summed E-state index contributed by atoms with van der Waals surface area (Å²) in [6.45, 7) is 8.08. The maximum Gasteiger partial charge on any atom is 0.308 e. The number of nitrogens with two attached hydrogens (primary N) is 1. The van der Waals surface area contributed by atoms with Crippen LogP contribution in [0.25, 0.3) is 11.2 Å². The normalized spacial score (nSPS) is 28.5. The molecule has 3 fully saturated rings. The quantitative estimate of drug-likeness (QED) is 0.305. The summed E-state index contributed by atoms with van der Waals surface area (Å²) in [6, 6.07) is 0. The fourth-order valence-electron chi connectivity index (χ4n) is 5.32. The van der Waals surface area contributed by atoms with Gasteiger partial charge in [-0.2, -0.15) is 4.98 Å². The van der Waals surface area contributed by atoms with Crippen molar-refractivity contribution in [2.45, 2.75) is 103 Å². The van der Waals surface area contributed by atoms with Gasteiger partial charge in [-0.1, -0.05) is 27.7 Å². The number of imidazole rings is 1. The average molecular weight is 592 g/mol. The number of H-pyrrole nitrogens is 1. The van der Waals surface area contributed by atoms with Crippen LogP contribution >= 0.6 is 0 Å². The van der Waals surface area contributed by atoms with Crippen molar-refractivity contribution in [3.8, 4) is 0 Å². The van der Waals surface area contributed by atoms with Gasteiger partial charge < -0.3 is 34.2 Å². The number of aromatic nitrogens is 4. The number of Topliss-reactive ketones (excluding diaryl/α,β-unsaturated/α-hetero) is 1. The van der Waals surface area contributed by atoms with Gasteiger partial charge in [-0.05, 0) is 38.5 Å². The molecule has 5 heterocycles. The number of nitrogens with one attached hydrogen (secondary N) is 1. The molecule has 0 amide bonds. The Labute approximate surface area is 243 Å². The molecule has 0 radical (unpaired) electrons. The van der Waals surface area contributed by atoms with Gasteiger partial charge in [0.1, 0.15) is 12.2 Å². The van der Waals surface area contributed by atoms with Gasteiger partial charge >= 0.3 is 5.97 Å². The number of ketones is 1. The molecule has 0 saturated carbocycles. The summed E-state index contributed by atoms with van der Waals surface area (Å²) in [6.07, 6.45) is 0.423. The summed E-state index contributed by atoms with van der Waals surface area (Å²) in [5.41, 5.74) is 5.24. The third kappa shape index (κ3) is 6.52. The van der Waals surface area contributed by atoms with E-state index in [2.05, 4.69) is 15.0 Å². The number of carbonyl (C=O) groups excluding carboxylic acids is 2. The van der Waals surface area contributed by atoms with Gasteiger partial charge in [-0.3, -0.25) is 23.9 Å². The van der Waals surface area contributed by atoms with E-state index in [1.807, 2.05) is 0 Å². The molecule has 6 atom stereocenters. The SMILES string of the molecule is CC(C)C(=O)O[C@H]1[C@H](OC2CCCCO2)[C@@H](COC2CCCCO2)O[C@H]1n1c(C(=O)C(C)C)nc2c(=O)[nH]c(N)nc21. The van der Waals surface area contributed by atoms with Crippen molar-refractivity contribution in [3.05, 3.63) is 16.2 Å². The molecule has 0 spiro atoms. The van der Waals surface area contributed by atoms with Crippen molar-refractivity contribution in [3.63, 3.8) is 0 Å². The number of ether oxygens (including phenoxy) is 6. The molecule has 14 heteroatoms. The van der Waals surface area contributed by atoms with Crippen molar-refractivity contribution >= 4 is 28.9 Å². The number of nitrogens with zero attached hydrogens (tertiary/aromatic N) is 3. The molecule has 0 aliphatic carbocycles. The lowest BCUT2D eigenvalue weighted by Gasteiger charge is -2.31. The minimum Gasteiger partial charge on any atom is -0.454 e. The molecule has 232 valence electrons. The first kappa shape index (κ1) is 30.5. The Hall–Kier alpha value is -2.91. The molecule has 42 heavy (non-hydrogen) atoms. The molecule has 3 N–H and O–H groups in total. The zero-order valence-corrected chi connectivity index (χ0v) is 24.6. The van der Waals surface area contributed by atoms with Crippen LogP contribution < -0.4 is 11.3 Å². The van der Waals surface area contributed by atoms with E-state index in [0.29, 0.717) is 19.6 Å². The molecule has 3 aliphatic heterocycles. The van der Waals surface area contributed by atoms with Gasteiger partial charge in [-0.25, -0.2) is 4.98 Å². The fourth-order valence-corrected chi connectivity index (χ4v) is 5.32. The van der Waals surface area contributed by atoms with Gasteiger partial charge in [0.15, 0.2) is 41.9 Å². The van der Waals surface area contributed by atoms with Crippen molar-refractivity contribution < 1.29 is 38.0 Å². The summed E-state index contributed by atoms with van der Waals surface area (Å²) >= 11 is 0. The second-order valence-corrected chi connectivity index (χ2v) is 11.6. The number of fused-ring (bicyclic) bond motifs is 1. The Kier molecular flexibility index (Phi) is 9.57. The largest absolute Gasteiger partial charge is 0.454 e. The van der Waals surface area contributed by atoms with Crippen LogP contribution in [0.3, 0.4) is 0 Å². The maximum absolute atomic E-state index is 13.4. The second kappa shape index (κ2) is 13.2. The smallest absolute Gasteiger partial charge is 0.308 e. The van der Waals surface area contributed by atoms with Gasteiger partial charge in [0.2, 0.25) is 11.7 Å².